The molecule has 1 heterocycles. The average molecular weight is 302 g/mol. The number of thiophene rings is 1. The number of nitrogens with one attached hydrogen (secondary N) is 2. The zero-order valence-corrected chi connectivity index (χ0v) is 12.5. The van der Waals surface area contributed by atoms with Gasteiger partial charge in [0.15, 0.2) is 0 Å². The van der Waals surface area contributed by atoms with Crippen LogP contribution in [-0.4, -0.2) is 24.3 Å². The van der Waals surface area contributed by atoms with E-state index in [-0.39, 0.29) is 18.1 Å². The number of aliphatic hydroxyl groups is 1. The molecule has 1 aromatic heterocycles. The topological polar surface area (TPSA) is 61.4 Å². The van der Waals surface area contributed by atoms with Crippen LogP contribution in [0.4, 0.5) is 10.5 Å². The highest BCUT2D eigenvalue weighted by molar-refractivity contribution is 7.13. The minimum Gasteiger partial charge on any atom is -0.396 e. The Kier molecular flexibility index (Phi) is 3.94. The first-order chi connectivity index (χ1) is 10.2. The lowest BCUT2D eigenvalue weighted by Crippen LogP contribution is -2.35. The van der Waals surface area contributed by atoms with E-state index in [1.807, 2.05) is 41.8 Å². The summed E-state index contributed by atoms with van der Waals surface area (Å²) in [6.07, 6.45) is 1.96. The van der Waals surface area contributed by atoms with Gasteiger partial charge in [-0.25, -0.2) is 4.79 Å². The van der Waals surface area contributed by atoms with Gasteiger partial charge in [-0.2, -0.15) is 0 Å². The highest BCUT2D eigenvalue weighted by Crippen LogP contribution is 2.44. The van der Waals surface area contributed by atoms with E-state index in [1.54, 1.807) is 11.3 Å². The zero-order valence-electron chi connectivity index (χ0n) is 11.6. The number of hydrogen-bond donors (Lipinski definition) is 3. The average Bonchev–Trinajstić information content (AvgIpc) is 3.09. The molecule has 1 fully saturated rings. The van der Waals surface area contributed by atoms with Crippen LogP contribution in [0.3, 0.4) is 0 Å². The smallest absolute Gasteiger partial charge is 0.319 e. The Morgan fingerprint density at radius 3 is 2.71 bits per heavy atom. The fourth-order valence-electron chi connectivity index (χ4n) is 2.24. The third-order valence-electron chi connectivity index (χ3n) is 3.88. The molecule has 0 aliphatic heterocycles. The molecule has 4 nitrogen and oxygen atoms in total. The van der Waals surface area contributed by atoms with Gasteiger partial charge in [-0.05, 0) is 30.4 Å². The Morgan fingerprint density at radius 1 is 1.24 bits per heavy atom. The molecule has 0 bridgehead atoms. The van der Waals surface area contributed by atoms with E-state index in [4.69, 9.17) is 0 Å². The van der Waals surface area contributed by atoms with E-state index < -0.39 is 0 Å². The van der Waals surface area contributed by atoms with Gasteiger partial charge in [0.05, 0.1) is 12.3 Å². The van der Waals surface area contributed by atoms with Crippen molar-refractivity contribution in [3.63, 3.8) is 0 Å². The summed E-state index contributed by atoms with van der Waals surface area (Å²) in [4.78, 5) is 13.1. The van der Waals surface area contributed by atoms with Gasteiger partial charge >= 0.3 is 6.03 Å². The summed E-state index contributed by atoms with van der Waals surface area (Å²) in [5.74, 6) is 0. The van der Waals surface area contributed by atoms with Gasteiger partial charge in [-0.3, -0.25) is 0 Å². The number of amides is 2. The number of urea groups is 1. The van der Waals surface area contributed by atoms with Crippen molar-refractivity contribution in [2.24, 2.45) is 5.41 Å². The van der Waals surface area contributed by atoms with Gasteiger partial charge in [0.25, 0.3) is 0 Å². The molecular weight excluding hydrogens is 284 g/mol. The van der Waals surface area contributed by atoms with Crippen LogP contribution < -0.4 is 10.6 Å². The summed E-state index contributed by atoms with van der Waals surface area (Å²) in [5.41, 5.74) is 1.74. The zero-order chi connectivity index (χ0) is 14.7. The Hall–Kier alpha value is -1.85. The fourth-order valence-corrected chi connectivity index (χ4v) is 3.01. The van der Waals surface area contributed by atoms with E-state index in [0.717, 1.165) is 29.0 Å². The van der Waals surface area contributed by atoms with Gasteiger partial charge < -0.3 is 15.7 Å². The lowest BCUT2D eigenvalue weighted by Gasteiger charge is -2.14. The molecule has 0 radical (unpaired) electrons. The third-order valence-corrected chi connectivity index (χ3v) is 4.78. The van der Waals surface area contributed by atoms with Crippen LogP contribution in [0.25, 0.3) is 10.4 Å². The number of anilines is 1. The molecule has 5 heteroatoms. The van der Waals surface area contributed by atoms with Crippen molar-refractivity contribution in [2.75, 3.05) is 18.5 Å². The summed E-state index contributed by atoms with van der Waals surface area (Å²) < 4.78 is 0. The molecule has 3 N–H and O–H groups in total. The molecule has 110 valence electrons. The predicted molar refractivity (Wildman–Crippen MR) is 85.5 cm³/mol. The second-order valence-corrected chi connectivity index (χ2v) is 6.44. The SMILES string of the molecule is O=C(NCC1(CO)CC1)Nc1ccccc1-c1cccs1. The van der Waals surface area contributed by atoms with Gasteiger partial charge in [-0.1, -0.05) is 24.3 Å². The van der Waals surface area contributed by atoms with Crippen molar-refractivity contribution in [2.45, 2.75) is 12.8 Å². The molecule has 2 amide bonds. The van der Waals surface area contributed by atoms with Crippen molar-refractivity contribution < 1.29 is 9.90 Å². The van der Waals surface area contributed by atoms with Crippen molar-refractivity contribution in [3.05, 3.63) is 41.8 Å². The maximum absolute atomic E-state index is 12.0. The molecule has 0 saturated heterocycles. The first-order valence-corrected chi connectivity index (χ1v) is 7.89. The Balaban J connectivity index is 1.66. The fraction of sp³-hybridized carbons (Fsp3) is 0.312. The van der Waals surface area contributed by atoms with E-state index in [1.165, 1.54) is 0 Å². The van der Waals surface area contributed by atoms with Gasteiger partial charge in [0, 0.05) is 22.4 Å². The summed E-state index contributed by atoms with van der Waals surface area (Å²) in [6, 6.07) is 11.6. The summed E-state index contributed by atoms with van der Waals surface area (Å²) in [6.45, 7) is 0.662. The number of para-hydroxylation sites is 1. The molecule has 0 unspecified atom stereocenters. The van der Waals surface area contributed by atoms with Crippen LogP contribution in [0, 0.1) is 5.41 Å². The highest BCUT2D eigenvalue weighted by Gasteiger charge is 2.42. The highest BCUT2D eigenvalue weighted by atomic mass is 32.1. The van der Waals surface area contributed by atoms with Gasteiger partial charge in [-0.15, -0.1) is 11.3 Å². The van der Waals surface area contributed by atoms with Crippen molar-refractivity contribution >= 4 is 23.1 Å². The molecule has 3 rings (SSSR count). The summed E-state index contributed by atoms with van der Waals surface area (Å²) >= 11 is 1.64. The van der Waals surface area contributed by atoms with Crippen molar-refractivity contribution in [1.82, 2.24) is 5.32 Å². The summed E-state index contributed by atoms with van der Waals surface area (Å²) in [5, 5.41) is 17.0. The minimum absolute atomic E-state index is 0.0788. The molecule has 1 aliphatic carbocycles. The number of carbonyl (C=O) groups is 1. The predicted octanol–water partition coefficient (Wildman–Crippen LogP) is 3.31. The number of aliphatic hydroxyl groups excluding tert-OH is 1. The number of hydrogen-bond acceptors (Lipinski definition) is 3. The lowest BCUT2D eigenvalue weighted by atomic mass is 10.1. The Bertz CT molecular complexity index is 621. The van der Waals surface area contributed by atoms with E-state index in [9.17, 15) is 9.90 Å². The van der Waals surface area contributed by atoms with Crippen LogP contribution >= 0.6 is 11.3 Å². The van der Waals surface area contributed by atoms with Crippen LogP contribution in [0.5, 0.6) is 0 Å². The maximum Gasteiger partial charge on any atom is 0.319 e. The second kappa shape index (κ2) is 5.87. The Labute approximate surface area is 127 Å². The largest absolute Gasteiger partial charge is 0.396 e. The number of benzene rings is 1. The monoisotopic (exact) mass is 302 g/mol. The van der Waals surface area contributed by atoms with Crippen molar-refractivity contribution in [3.8, 4) is 10.4 Å². The molecule has 21 heavy (non-hydrogen) atoms. The maximum atomic E-state index is 12.0. The first kappa shape index (κ1) is 14.1. The second-order valence-electron chi connectivity index (χ2n) is 5.49. The molecule has 1 saturated carbocycles. The summed E-state index contributed by atoms with van der Waals surface area (Å²) in [7, 11) is 0. The van der Waals surface area contributed by atoms with Crippen LogP contribution in [0.2, 0.25) is 0 Å². The quantitative estimate of drug-likeness (QED) is 0.793. The van der Waals surface area contributed by atoms with E-state index in [2.05, 4.69) is 10.6 Å². The lowest BCUT2D eigenvalue weighted by molar-refractivity contribution is 0.206. The molecule has 1 aliphatic rings. The first-order valence-electron chi connectivity index (χ1n) is 7.01. The number of rotatable bonds is 5. The standard InChI is InChI=1S/C16H18N2O2S/c19-11-16(7-8-16)10-17-15(20)18-13-5-2-1-4-12(13)14-6-3-9-21-14/h1-6,9,19H,7-8,10-11H2,(H2,17,18,20). The Morgan fingerprint density at radius 2 is 2.05 bits per heavy atom. The van der Waals surface area contributed by atoms with Crippen LogP contribution in [0.15, 0.2) is 41.8 Å². The van der Waals surface area contributed by atoms with Crippen molar-refractivity contribution in [1.29, 1.82) is 0 Å². The van der Waals surface area contributed by atoms with E-state index in [0.29, 0.717) is 6.54 Å². The molecular formula is C16H18N2O2S. The van der Waals surface area contributed by atoms with Crippen LogP contribution in [0.1, 0.15) is 12.8 Å². The molecule has 1 aromatic carbocycles. The van der Waals surface area contributed by atoms with E-state index >= 15 is 0 Å². The van der Waals surface area contributed by atoms with Gasteiger partial charge in [0.1, 0.15) is 0 Å². The van der Waals surface area contributed by atoms with Crippen LogP contribution in [-0.2, 0) is 0 Å². The number of carbonyl (C=O) groups excluding carboxylic acids is 1. The third kappa shape index (κ3) is 3.25. The molecule has 0 atom stereocenters. The normalized spacial score (nSPS) is 15.5. The molecule has 0 spiro atoms. The molecule has 2 aromatic rings. The minimum atomic E-state index is -0.223. The van der Waals surface area contributed by atoms with Gasteiger partial charge in [0.2, 0.25) is 0 Å².